The lowest BCUT2D eigenvalue weighted by atomic mass is 9.89. The number of amides is 1. The van der Waals surface area contributed by atoms with E-state index in [2.05, 4.69) is 26.9 Å². The van der Waals surface area contributed by atoms with E-state index in [-0.39, 0.29) is 11.7 Å². The predicted octanol–water partition coefficient (Wildman–Crippen LogP) is 4.94. The van der Waals surface area contributed by atoms with E-state index in [0.717, 1.165) is 16.8 Å². The molecule has 0 saturated carbocycles. The fraction of sp³-hybridized carbons (Fsp3) is 0.286. The number of carbonyl (C=O) groups is 1. The molecule has 0 bridgehead atoms. The summed E-state index contributed by atoms with van der Waals surface area (Å²) < 4.78 is 18.5. The molecule has 0 radical (unpaired) electrons. The second kappa shape index (κ2) is 10.8. The molecule has 2 aromatic carbocycles. The number of rotatable bonds is 8. The molecule has 2 aromatic heterocycles. The number of thioether (sulfide) groups is 1. The van der Waals surface area contributed by atoms with Crippen molar-refractivity contribution < 1.29 is 19.0 Å². The number of para-hydroxylation sites is 1. The molecule has 11 heteroatoms. The minimum absolute atomic E-state index is 0.0588. The summed E-state index contributed by atoms with van der Waals surface area (Å²) in [6, 6.07) is 17.2. The van der Waals surface area contributed by atoms with Crippen LogP contribution in [0.25, 0.3) is 5.65 Å². The largest absolute Gasteiger partial charge is 0.497 e. The van der Waals surface area contributed by atoms with Crippen molar-refractivity contribution in [2.24, 2.45) is 0 Å². The third kappa shape index (κ3) is 5.34. The predicted molar refractivity (Wildman–Crippen MR) is 149 cm³/mol. The maximum absolute atomic E-state index is 12.9. The smallest absolute Gasteiger partial charge is 0.234 e. The first-order valence-electron chi connectivity index (χ1n) is 12.3. The van der Waals surface area contributed by atoms with Crippen LogP contribution in [0.5, 0.6) is 11.5 Å². The monoisotopic (exact) mass is 544 g/mol. The highest BCUT2D eigenvalue weighted by Gasteiger charge is 2.33. The molecule has 2 N–H and O–H groups in total. The second-order valence-electron chi connectivity index (χ2n) is 9.55. The number of nitriles is 1. The molecule has 200 valence electrons. The number of benzene rings is 2. The van der Waals surface area contributed by atoms with E-state index < -0.39 is 5.60 Å². The molecule has 1 aliphatic rings. The standard InChI is InChI=1S/C28H28N6O4S/c1-28(2)13-19-20(14-29)25(30-17-8-6-5-7-9-17)34-26(21(19)15-38-28)32-33-27(34)39-16-24(35)31-22-11-10-18(36-3)12-23(22)37-4/h5-12,30H,13,15-16H2,1-4H3,(H,31,35). The van der Waals surface area contributed by atoms with Crippen LogP contribution in [0.3, 0.4) is 0 Å². The van der Waals surface area contributed by atoms with Crippen LogP contribution in [0.1, 0.15) is 30.5 Å². The van der Waals surface area contributed by atoms with Crippen LogP contribution in [0.2, 0.25) is 0 Å². The van der Waals surface area contributed by atoms with Crippen molar-refractivity contribution >= 4 is 40.5 Å². The lowest BCUT2D eigenvalue weighted by molar-refractivity contribution is -0.113. The average molecular weight is 545 g/mol. The Labute approximate surface area is 230 Å². The number of carbonyl (C=O) groups excluding carboxylic acids is 1. The number of hydrogen-bond donors (Lipinski definition) is 2. The van der Waals surface area contributed by atoms with Crippen molar-refractivity contribution in [1.82, 2.24) is 14.6 Å². The summed E-state index contributed by atoms with van der Waals surface area (Å²) in [4.78, 5) is 12.9. The summed E-state index contributed by atoms with van der Waals surface area (Å²) in [5.41, 5.74) is 3.75. The highest BCUT2D eigenvalue weighted by atomic mass is 32.2. The van der Waals surface area contributed by atoms with Crippen LogP contribution in [-0.4, -0.2) is 46.1 Å². The lowest BCUT2D eigenvalue weighted by Gasteiger charge is -2.33. The Bertz CT molecular complexity index is 1580. The fourth-order valence-corrected chi connectivity index (χ4v) is 5.25. The van der Waals surface area contributed by atoms with E-state index in [0.29, 0.717) is 52.4 Å². The number of nitrogens with zero attached hydrogens (tertiary/aromatic N) is 4. The summed E-state index contributed by atoms with van der Waals surface area (Å²) in [6.45, 7) is 4.33. The number of anilines is 3. The highest BCUT2D eigenvalue weighted by molar-refractivity contribution is 7.99. The zero-order valence-electron chi connectivity index (χ0n) is 22.1. The van der Waals surface area contributed by atoms with Crippen molar-refractivity contribution in [2.45, 2.75) is 37.6 Å². The van der Waals surface area contributed by atoms with E-state index in [1.807, 2.05) is 44.2 Å². The molecule has 0 unspecified atom stereocenters. The van der Waals surface area contributed by atoms with Gasteiger partial charge in [-0.25, -0.2) is 0 Å². The zero-order chi connectivity index (χ0) is 27.6. The van der Waals surface area contributed by atoms with Crippen molar-refractivity contribution in [3.05, 3.63) is 65.2 Å². The Morgan fingerprint density at radius 2 is 1.95 bits per heavy atom. The molecular formula is C28H28N6O4S. The highest BCUT2D eigenvalue weighted by Crippen LogP contribution is 2.38. The number of nitrogens with one attached hydrogen (secondary N) is 2. The van der Waals surface area contributed by atoms with Crippen LogP contribution in [0.4, 0.5) is 17.2 Å². The van der Waals surface area contributed by atoms with E-state index >= 15 is 0 Å². The number of hydrogen-bond acceptors (Lipinski definition) is 9. The quantitative estimate of drug-likeness (QED) is 0.297. The molecule has 0 saturated heterocycles. The maximum Gasteiger partial charge on any atom is 0.234 e. The number of aromatic nitrogens is 3. The van der Waals surface area contributed by atoms with Gasteiger partial charge < -0.3 is 24.8 Å². The van der Waals surface area contributed by atoms with Gasteiger partial charge in [-0.05, 0) is 43.7 Å². The molecule has 39 heavy (non-hydrogen) atoms. The molecule has 5 rings (SSSR count). The molecule has 0 atom stereocenters. The Balaban J connectivity index is 1.50. The number of methoxy groups -OCH3 is 2. The molecule has 0 spiro atoms. The zero-order valence-corrected chi connectivity index (χ0v) is 22.9. The van der Waals surface area contributed by atoms with Crippen LogP contribution in [-0.2, 0) is 22.6 Å². The minimum Gasteiger partial charge on any atom is -0.497 e. The van der Waals surface area contributed by atoms with Gasteiger partial charge in [-0.15, -0.1) is 10.2 Å². The molecule has 0 aliphatic carbocycles. The molecule has 4 aromatic rings. The van der Waals surface area contributed by atoms with Gasteiger partial charge in [-0.1, -0.05) is 30.0 Å². The summed E-state index contributed by atoms with van der Waals surface area (Å²) >= 11 is 1.22. The van der Waals surface area contributed by atoms with Gasteiger partial charge in [-0.2, -0.15) is 5.26 Å². The minimum atomic E-state index is -0.417. The van der Waals surface area contributed by atoms with Gasteiger partial charge in [0.05, 0.1) is 43.4 Å². The fourth-order valence-electron chi connectivity index (χ4n) is 4.51. The molecule has 10 nitrogen and oxygen atoms in total. The van der Waals surface area contributed by atoms with Gasteiger partial charge in [-0.3, -0.25) is 9.20 Å². The number of pyridine rings is 1. The number of ether oxygens (including phenoxy) is 3. The first-order valence-corrected chi connectivity index (χ1v) is 13.3. The van der Waals surface area contributed by atoms with Gasteiger partial charge in [0.2, 0.25) is 5.91 Å². The third-order valence-electron chi connectivity index (χ3n) is 6.40. The summed E-state index contributed by atoms with van der Waals surface area (Å²) in [6.07, 6.45) is 0.562. The third-order valence-corrected chi connectivity index (χ3v) is 7.33. The molecule has 1 aliphatic heterocycles. The van der Waals surface area contributed by atoms with Crippen LogP contribution >= 0.6 is 11.8 Å². The maximum atomic E-state index is 12.9. The Morgan fingerprint density at radius 3 is 2.67 bits per heavy atom. The van der Waals surface area contributed by atoms with Crippen molar-refractivity contribution in [3.8, 4) is 17.6 Å². The van der Waals surface area contributed by atoms with Crippen LogP contribution in [0, 0.1) is 11.3 Å². The SMILES string of the molecule is COc1ccc(NC(=O)CSc2nnc3c4c(c(C#N)c(Nc5ccccc5)n23)CC(C)(C)OC4)c(OC)c1. The second-order valence-corrected chi connectivity index (χ2v) is 10.5. The van der Waals surface area contributed by atoms with Crippen molar-refractivity contribution in [1.29, 1.82) is 5.26 Å². The molecule has 0 fully saturated rings. The van der Waals surface area contributed by atoms with Gasteiger partial charge >= 0.3 is 0 Å². The Hall–Kier alpha value is -4.27. The van der Waals surface area contributed by atoms with Crippen molar-refractivity contribution in [2.75, 3.05) is 30.6 Å². The first kappa shape index (κ1) is 26.3. The van der Waals surface area contributed by atoms with Crippen LogP contribution < -0.4 is 20.1 Å². The topological polar surface area (TPSA) is 123 Å². The van der Waals surface area contributed by atoms with E-state index in [1.54, 1.807) is 29.7 Å². The van der Waals surface area contributed by atoms with Gasteiger partial charge in [0, 0.05) is 23.7 Å². The lowest BCUT2D eigenvalue weighted by Crippen LogP contribution is -2.33. The molecule has 1 amide bonds. The van der Waals surface area contributed by atoms with Gasteiger partial charge in [0.25, 0.3) is 0 Å². The van der Waals surface area contributed by atoms with Gasteiger partial charge in [0.1, 0.15) is 23.4 Å². The Morgan fingerprint density at radius 1 is 1.15 bits per heavy atom. The normalized spacial score (nSPS) is 13.8. The van der Waals surface area contributed by atoms with Crippen LogP contribution in [0.15, 0.2) is 53.7 Å². The summed E-state index contributed by atoms with van der Waals surface area (Å²) in [5, 5.41) is 25.9. The van der Waals surface area contributed by atoms with E-state index in [1.165, 1.54) is 18.9 Å². The van der Waals surface area contributed by atoms with E-state index in [9.17, 15) is 10.1 Å². The molecule has 3 heterocycles. The van der Waals surface area contributed by atoms with Crippen molar-refractivity contribution in [3.63, 3.8) is 0 Å². The average Bonchev–Trinajstić information content (AvgIpc) is 3.36. The number of fused-ring (bicyclic) bond motifs is 3. The Kier molecular flexibility index (Phi) is 7.32. The first-order chi connectivity index (χ1) is 18.8. The van der Waals surface area contributed by atoms with Gasteiger partial charge in [0.15, 0.2) is 10.8 Å². The van der Waals surface area contributed by atoms with E-state index in [4.69, 9.17) is 14.2 Å². The summed E-state index contributed by atoms with van der Waals surface area (Å²) in [7, 11) is 3.09. The molecular weight excluding hydrogens is 516 g/mol. The summed E-state index contributed by atoms with van der Waals surface area (Å²) in [5.74, 6) is 1.48.